The first-order valence-electron chi connectivity index (χ1n) is 10.7. The summed E-state index contributed by atoms with van der Waals surface area (Å²) in [6.45, 7) is 2.30. The standard InChI is InChI=1S/C28H28P2/c1-2-9-28(29-26-18-14-24(15-19-26)22-10-5-3-6-11-22)30-27-20-16-25(17-21-27)23-12-7-4-8-13-23/h3-8,10-21,28-30H,2,9H2,1H3. The summed E-state index contributed by atoms with van der Waals surface area (Å²) in [5.74, 6) is 0. The van der Waals surface area contributed by atoms with Gasteiger partial charge in [-0.3, -0.25) is 0 Å². The Hall–Kier alpha value is -2.26. The lowest BCUT2D eigenvalue weighted by molar-refractivity contribution is 0.867. The second-order valence-corrected chi connectivity index (χ2v) is 11.2. The lowest BCUT2D eigenvalue weighted by atomic mass is 10.1. The Kier molecular flexibility index (Phi) is 7.47. The fourth-order valence-corrected chi connectivity index (χ4v) is 7.33. The molecule has 2 unspecified atom stereocenters. The lowest BCUT2D eigenvalue weighted by Gasteiger charge is -2.17. The van der Waals surface area contributed by atoms with Crippen LogP contribution < -0.4 is 10.6 Å². The van der Waals surface area contributed by atoms with Crippen LogP contribution in [0.15, 0.2) is 109 Å². The van der Waals surface area contributed by atoms with Gasteiger partial charge in [-0.1, -0.05) is 140 Å². The van der Waals surface area contributed by atoms with Crippen molar-refractivity contribution in [2.45, 2.75) is 25.2 Å². The highest BCUT2D eigenvalue weighted by molar-refractivity contribution is 7.65. The molecule has 0 heterocycles. The highest BCUT2D eigenvalue weighted by atomic mass is 31.1. The third kappa shape index (κ3) is 5.66. The smallest absolute Gasteiger partial charge is 0.00198 e. The van der Waals surface area contributed by atoms with E-state index in [1.807, 2.05) is 0 Å². The molecule has 4 aromatic carbocycles. The molecule has 0 amide bonds. The number of hydrogen-bond donors (Lipinski definition) is 0. The van der Waals surface area contributed by atoms with Gasteiger partial charge in [0.1, 0.15) is 0 Å². The van der Waals surface area contributed by atoms with Crippen molar-refractivity contribution < 1.29 is 0 Å². The topological polar surface area (TPSA) is 0 Å². The molecule has 0 saturated heterocycles. The van der Waals surface area contributed by atoms with Crippen LogP contribution in [0.1, 0.15) is 19.8 Å². The van der Waals surface area contributed by atoms with E-state index in [-0.39, 0.29) is 0 Å². The highest BCUT2D eigenvalue weighted by Crippen LogP contribution is 2.37. The van der Waals surface area contributed by atoms with E-state index in [1.54, 1.807) is 0 Å². The van der Waals surface area contributed by atoms with E-state index in [9.17, 15) is 0 Å². The van der Waals surface area contributed by atoms with Crippen molar-refractivity contribution in [2.24, 2.45) is 0 Å². The minimum absolute atomic E-state index is 0.736. The van der Waals surface area contributed by atoms with Gasteiger partial charge in [0.05, 0.1) is 0 Å². The Morgan fingerprint density at radius 2 is 0.867 bits per heavy atom. The molecule has 0 aliphatic heterocycles. The molecule has 0 nitrogen and oxygen atoms in total. The van der Waals surface area contributed by atoms with Crippen molar-refractivity contribution in [1.82, 2.24) is 0 Å². The van der Waals surface area contributed by atoms with Crippen LogP contribution in [0, 0.1) is 0 Å². The Morgan fingerprint density at radius 3 is 1.23 bits per heavy atom. The van der Waals surface area contributed by atoms with Gasteiger partial charge in [0.2, 0.25) is 0 Å². The molecular formula is C28H28P2. The maximum Gasteiger partial charge on any atom is 0.00198 e. The van der Waals surface area contributed by atoms with Crippen LogP contribution in [0.25, 0.3) is 22.3 Å². The highest BCUT2D eigenvalue weighted by Gasteiger charge is 2.11. The van der Waals surface area contributed by atoms with Crippen LogP contribution in [-0.4, -0.2) is 5.40 Å². The van der Waals surface area contributed by atoms with E-state index in [2.05, 4.69) is 116 Å². The van der Waals surface area contributed by atoms with Crippen LogP contribution in [-0.2, 0) is 0 Å². The number of benzene rings is 4. The van der Waals surface area contributed by atoms with E-state index >= 15 is 0 Å². The summed E-state index contributed by atoms with van der Waals surface area (Å²) in [4.78, 5) is 0. The van der Waals surface area contributed by atoms with Crippen molar-refractivity contribution in [1.29, 1.82) is 0 Å². The average molecular weight is 426 g/mol. The minimum atomic E-state index is 0.736. The molecule has 2 heteroatoms. The van der Waals surface area contributed by atoms with Crippen LogP contribution >= 0.6 is 17.2 Å². The Balaban J connectivity index is 1.42. The van der Waals surface area contributed by atoms with Crippen LogP contribution in [0.5, 0.6) is 0 Å². The average Bonchev–Trinajstić information content (AvgIpc) is 2.81. The van der Waals surface area contributed by atoms with Gasteiger partial charge < -0.3 is 0 Å². The van der Waals surface area contributed by atoms with E-state index < -0.39 is 0 Å². The molecule has 4 aromatic rings. The molecule has 150 valence electrons. The molecule has 0 saturated carbocycles. The Labute approximate surface area is 184 Å². The second-order valence-electron chi connectivity index (χ2n) is 7.52. The van der Waals surface area contributed by atoms with Gasteiger partial charge >= 0.3 is 0 Å². The second kappa shape index (κ2) is 10.7. The fraction of sp³-hybridized carbons (Fsp3) is 0.143. The van der Waals surface area contributed by atoms with Gasteiger partial charge in [-0.25, -0.2) is 0 Å². The fourth-order valence-electron chi connectivity index (χ4n) is 3.65. The van der Waals surface area contributed by atoms with Gasteiger partial charge in [0.15, 0.2) is 0 Å². The molecule has 0 N–H and O–H groups in total. The van der Waals surface area contributed by atoms with Gasteiger partial charge in [0.25, 0.3) is 0 Å². The molecule has 0 spiro atoms. The Morgan fingerprint density at radius 1 is 0.500 bits per heavy atom. The minimum Gasteiger partial charge on any atom is -0.0827 e. The molecule has 0 bridgehead atoms. The summed E-state index contributed by atoms with van der Waals surface area (Å²) in [5.41, 5.74) is 5.18. The van der Waals surface area contributed by atoms with Gasteiger partial charge in [-0.05, 0) is 39.3 Å². The van der Waals surface area contributed by atoms with Gasteiger partial charge in [-0.15, -0.1) is 0 Å². The summed E-state index contributed by atoms with van der Waals surface area (Å²) in [7, 11) is 1.73. The third-order valence-electron chi connectivity index (χ3n) is 5.24. The SMILES string of the molecule is CCCC(Pc1ccc(-c2ccccc2)cc1)Pc1ccc(-c2ccccc2)cc1. The summed E-state index contributed by atoms with van der Waals surface area (Å²) in [5, 5.41) is 3.68. The first-order chi connectivity index (χ1) is 14.8. The van der Waals surface area contributed by atoms with E-state index in [4.69, 9.17) is 0 Å². The molecule has 0 aromatic heterocycles. The van der Waals surface area contributed by atoms with Gasteiger partial charge in [0, 0.05) is 5.40 Å². The van der Waals surface area contributed by atoms with Crippen molar-refractivity contribution >= 4 is 27.8 Å². The van der Waals surface area contributed by atoms with E-state index in [0.29, 0.717) is 0 Å². The first kappa shape index (κ1) is 21.0. The zero-order valence-corrected chi connectivity index (χ0v) is 19.4. The predicted molar refractivity (Wildman–Crippen MR) is 138 cm³/mol. The molecular weight excluding hydrogens is 398 g/mol. The van der Waals surface area contributed by atoms with Crippen LogP contribution in [0.4, 0.5) is 0 Å². The maximum absolute atomic E-state index is 2.33. The molecule has 0 aliphatic rings. The molecule has 30 heavy (non-hydrogen) atoms. The van der Waals surface area contributed by atoms with Crippen molar-refractivity contribution in [3.05, 3.63) is 109 Å². The first-order valence-corrected chi connectivity index (χ1v) is 12.8. The van der Waals surface area contributed by atoms with E-state index in [0.717, 1.165) is 22.6 Å². The van der Waals surface area contributed by atoms with Crippen LogP contribution in [0.3, 0.4) is 0 Å². The van der Waals surface area contributed by atoms with Gasteiger partial charge in [-0.2, -0.15) is 0 Å². The predicted octanol–water partition coefficient (Wildman–Crippen LogP) is 7.45. The monoisotopic (exact) mass is 426 g/mol. The van der Waals surface area contributed by atoms with Crippen molar-refractivity contribution in [3.63, 3.8) is 0 Å². The molecule has 0 fully saturated rings. The molecule has 4 rings (SSSR count). The van der Waals surface area contributed by atoms with Crippen LogP contribution in [0.2, 0.25) is 0 Å². The summed E-state index contributed by atoms with van der Waals surface area (Å²) >= 11 is 0. The Bertz CT molecular complexity index is 938. The molecule has 2 atom stereocenters. The zero-order chi connectivity index (χ0) is 20.6. The maximum atomic E-state index is 2.33. The zero-order valence-electron chi connectivity index (χ0n) is 17.4. The lowest BCUT2D eigenvalue weighted by Crippen LogP contribution is -2.06. The van der Waals surface area contributed by atoms with Crippen molar-refractivity contribution in [2.75, 3.05) is 0 Å². The summed E-state index contributed by atoms with van der Waals surface area (Å²) in [6, 6.07) is 39.7. The summed E-state index contributed by atoms with van der Waals surface area (Å²) < 4.78 is 0. The largest absolute Gasteiger partial charge is 0.0827 e. The van der Waals surface area contributed by atoms with Crippen molar-refractivity contribution in [3.8, 4) is 22.3 Å². The molecule has 0 radical (unpaired) electrons. The number of hydrogen-bond acceptors (Lipinski definition) is 0. The number of rotatable bonds is 8. The summed E-state index contributed by atoms with van der Waals surface area (Å²) in [6.07, 6.45) is 2.53. The molecule has 0 aliphatic carbocycles. The van der Waals surface area contributed by atoms with E-state index in [1.165, 1.54) is 45.7 Å². The normalized spacial score (nSPS) is 12.7. The third-order valence-corrected chi connectivity index (χ3v) is 8.72. The quantitative estimate of drug-likeness (QED) is 0.257.